The van der Waals surface area contributed by atoms with Gasteiger partial charge in [-0.3, -0.25) is 0 Å². The van der Waals surface area contributed by atoms with Crippen LogP contribution in [0.2, 0.25) is 10.0 Å². The van der Waals surface area contributed by atoms with Crippen LogP contribution in [0.3, 0.4) is 0 Å². The third kappa shape index (κ3) is 4.91. The molecule has 14 heteroatoms. The van der Waals surface area contributed by atoms with Crippen molar-refractivity contribution in [3.05, 3.63) is 76.1 Å². The van der Waals surface area contributed by atoms with Gasteiger partial charge in [0.2, 0.25) is 0 Å². The van der Waals surface area contributed by atoms with Crippen LogP contribution in [0.1, 0.15) is 11.6 Å². The van der Waals surface area contributed by atoms with Crippen molar-refractivity contribution in [1.29, 1.82) is 0 Å². The van der Waals surface area contributed by atoms with Gasteiger partial charge in [0.1, 0.15) is 18.0 Å². The molecule has 2 aromatic heterocycles. The summed E-state index contributed by atoms with van der Waals surface area (Å²) in [5.74, 6) is -0.543. The van der Waals surface area contributed by atoms with E-state index >= 15 is 0 Å². The molecule has 170 valence electrons. The lowest BCUT2D eigenvalue weighted by Crippen LogP contribution is -2.37. The minimum atomic E-state index is -0.621. The number of hydrogen-bond donors (Lipinski definition) is 1. The van der Waals surface area contributed by atoms with Crippen molar-refractivity contribution < 1.29 is 13.6 Å². The molecule has 2 aromatic carbocycles. The summed E-state index contributed by atoms with van der Waals surface area (Å²) in [5.41, 5.74) is 0.760. The van der Waals surface area contributed by atoms with Crippen molar-refractivity contribution in [3.8, 4) is 11.4 Å². The molecular weight excluding hydrogens is 479 g/mol. The highest BCUT2D eigenvalue weighted by Gasteiger charge is 2.17. The normalized spacial score (nSPS) is 10.9. The Kier molecular flexibility index (Phi) is 6.47. The Morgan fingerprint density at radius 1 is 1.03 bits per heavy atom. The largest absolute Gasteiger partial charge is 0.331 e. The maximum Gasteiger partial charge on any atom is 0.317 e. The van der Waals surface area contributed by atoms with Gasteiger partial charge in [0.15, 0.2) is 11.6 Å². The van der Waals surface area contributed by atoms with Gasteiger partial charge in [-0.1, -0.05) is 23.2 Å². The molecule has 0 saturated carbocycles. The van der Waals surface area contributed by atoms with Crippen molar-refractivity contribution in [2.75, 3.05) is 7.05 Å². The van der Waals surface area contributed by atoms with Crippen LogP contribution in [-0.4, -0.2) is 53.0 Å². The molecule has 2 amide bonds. The Morgan fingerprint density at radius 2 is 1.67 bits per heavy atom. The van der Waals surface area contributed by atoms with Crippen molar-refractivity contribution in [2.24, 2.45) is 0 Å². The maximum atomic E-state index is 13.8. The van der Waals surface area contributed by atoms with Gasteiger partial charge in [-0.05, 0) is 34.7 Å². The first-order chi connectivity index (χ1) is 15.8. The summed E-state index contributed by atoms with van der Waals surface area (Å²) in [7, 11) is 1.55. The molecule has 0 aliphatic heterocycles. The summed E-state index contributed by atoms with van der Waals surface area (Å²) in [4.78, 5) is 18.1. The number of rotatable bonds is 6. The zero-order valence-electron chi connectivity index (χ0n) is 17.0. The average Bonchev–Trinajstić information content (AvgIpc) is 3.45. The summed E-state index contributed by atoms with van der Waals surface area (Å²) < 4.78 is 30.3. The molecule has 10 nitrogen and oxygen atoms in total. The Labute approximate surface area is 195 Å². The first-order valence-electron chi connectivity index (χ1n) is 9.39. The van der Waals surface area contributed by atoms with Crippen LogP contribution in [0, 0.1) is 11.6 Å². The van der Waals surface area contributed by atoms with Crippen LogP contribution >= 0.6 is 23.2 Å². The second kappa shape index (κ2) is 9.46. The lowest BCUT2D eigenvalue weighted by molar-refractivity contribution is 0.204. The van der Waals surface area contributed by atoms with E-state index in [4.69, 9.17) is 23.2 Å². The number of tetrazole rings is 1. The van der Waals surface area contributed by atoms with Crippen molar-refractivity contribution in [1.82, 2.24) is 45.2 Å². The van der Waals surface area contributed by atoms with Crippen LogP contribution in [0.15, 0.2) is 42.7 Å². The highest BCUT2D eigenvalue weighted by atomic mass is 35.5. The van der Waals surface area contributed by atoms with E-state index in [9.17, 15) is 13.6 Å². The van der Waals surface area contributed by atoms with E-state index < -0.39 is 17.7 Å². The van der Waals surface area contributed by atoms with Crippen molar-refractivity contribution >= 4 is 29.2 Å². The first-order valence-corrected chi connectivity index (χ1v) is 10.1. The highest BCUT2D eigenvalue weighted by Crippen LogP contribution is 2.19. The van der Waals surface area contributed by atoms with Gasteiger partial charge in [0, 0.05) is 19.2 Å². The standard InChI is InChI=1S/C19H15Cl2F2N9O/c1-30(9-18-25-10-26-31(18)11-2-4-13(20)15(22)6-11)19(33)24-8-17-27-28-29-32(17)12-3-5-14(21)16(23)7-12/h2-7,10H,8-9H2,1H3,(H,24,33). The second-order valence-corrected chi connectivity index (χ2v) is 7.62. The number of halogens is 4. The van der Waals surface area contributed by atoms with Crippen LogP contribution < -0.4 is 5.32 Å². The molecule has 0 unspecified atom stereocenters. The molecular formula is C19H15Cl2F2N9O. The second-order valence-electron chi connectivity index (χ2n) is 6.81. The van der Waals surface area contributed by atoms with E-state index in [0.29, 0.717) is 17.2 Å². The van der Waals surface area contributed by atoms with Crippen molar-refractivity contribution in [2.45, 2.75) is 13.1 Å². The first kappa shape index (κ1) is 22.6. The van der Waals surface area contributed by atoms with Crippen LogP contribution in [-0.2, 0) is 13.1 Å². The monoisotopic (exact) mass is 493 g/mol. The SMILES string of the molecule is CN(Cc1ncnn1-c1ccc(Cl)c(F)c1)C(=O)NCc1nnnn1-c1ccc(Cl)c(F)c1. The Morgan fingerprint density at radius 3 is 2.30 bits per heavy atom. The number of carbonyl (C=O) groups excluding carboxylic acids is 1. The molecule has 4 aromatic rings. The number of hydrogen-bond acceptors (Lipinski definition) is 6. The Hall–Kier alpha value is -3.64. The van der Waals surface area contributed by atoms with E-state index in [1.54, 1.807) is 19.2 Å². The summed E-state index contributed by atoms with van der Waals surface area (Å²) >= 11 is 11.4. The summed E-state index contributed by atoms with van der Waals surface area (Å²) in [6, 6.07) is 7.87. The molecule has 33 heavy (non-hydrogen) atoms. The van der Waals surface area contributed by atoms with E-state index in [1.807, 2.05) is 0 Å². The molecule has 4 rings (SSSR count). The summed E-state index contributed by atoms with van der Waals surface area (Å²) in [5, 5.41) is 18.0. The molecule has 0 atom stereocenters. The van der Waals surface area contributed by atoms with Crippen LogP contribution in [0.25, 0.3) is 11.4 Å². The molecule has 0 saturated heterocycles. The number of nitrogens with zero attached hydrogens (tertiary/aromatic N) is 8. The minimum absolute atomic E-state index is 0.0133. The fraction of sp³-hybridized carbons (Fsp3) is 0.158. The van der Waals surface area contributed by atoms with Crippen LogP contribution in [0.4, 0.5) is 13.6 Å². The van der Waals surface area contributed by atoms with Gasteiger partial charge < -0.3 is 10.2 Å². The zero-order chi connectivity index (χ0) is 23.5. The predicted octanol–water partition coefficient (Wildman–Crippen LogP) is 3.17. The number of carbonyl (C=O) groups is 1. The molecule has 0 aliphatic rings. The molecule has 1 N–H and O–H groups in total. The average molecular weight is 494 g/mol. The summed E-state index contributed by atoms with van der Waals surface area (Å²) in [6.07, 6.45) is 1.30. The molecule has 0 spiro atoms. The van der Waals surface area contributed by atoms with E-state index in [0.717, 1.165) is 0 Å². The molecule has 0 radical (unpaired) electrons. The number of benzene rings is 2. The van der Waals surface area contributed by atoms with Gasteiger partial charge in [-0.2, -0.15) is 9.78 Å². The molecule has 0 fully saturated rings. The highest BCUT2D eigenvalue weighted by molar-refractivity contribution is 6.31. The number of amides is 2. The number of nitrogens with one attached hydrogen (secondary N) is 1. The van der Waals surface area contributed by atoms with Gasteiger partial charge in [0.25, 0.3) is 0 Å². The lowest BCUT2D eigenvalue weighted by atomic mass is 10.3. The van der Waals surface area contributed by atoms with E-state index in [2.05, 4.69) is 30.9 Å². The van der Waals surface area contributed by atoms with Crippen LogP contribution in [0.5, 0.6) is 0 Å². The quantitative estimate of drug-likeness (QED) is 0.442. The maximum absolute atomic E-state index is 13.8. The smallest absolute Gasteiger partial charge is 0.317 e. The summed E-state index contributed by atoms with van der Waals surface area (Å²) in [6.45, 7) is 0.0406. The van der Waals surface area contributed by atoms with E-state index in [-0.39, 0.29) is 29.0 Å². The molecule has 0 bridgehead atoms. The molecule has 0 aliphatic carbocycles. The van der Waals surface area contributed by atoms with Crippen molar-refractivity contribution in [3.63, 3.8) is 0 Å². The number of aromatic nitrogens is 7. The Balaban J connectivity index is 1.42. The topological polar surface area (TPSA) is 107 Å². The zero-order valence-corrected chi connectivity index (χ0v) is 18.5. The van der Waals surface area contributed by atoms with Gasteiger partial charge in [-0.15, -0.1) is 5.10 Å². The van der Waals surface area contributed by atoms with Gasteiger partial charge in [-0.25, -0.2) is 23.2 Å². The van der Waals surface area contributed by atoms with Gasteiger partial charge in [0.05, 0.1) is 34.5 Å². The minimum Gasteiger partial charge on any atom is -0.331 e. The van der Waals surface area contributed by atoms with Gasteiger partial charge >= 0.3 is 6.03 Å². The fourth-order valence-electron chi connectivity index (χ4n) is 2.91. The third-order valence-electron chi connectivity index (χ3n) is 4.57. The number of urea groups is 1. The predicted molar refractivity (Wildman–Crippen MR) is 114 cm³/mol. The lowest BCUT2D eigenvalue weighted by Gasteiger charge is -2.18. The third-order valence-corrected chi connectivity index (χ3v) is 5.18. The Bertz CT molecular complexity index is 1310. The molecule has 2 heterocycles. The van der Waals surface area contributed by atoms with E-state index in [1.165, 1.54) is 44.9 Å². The fourth-order valence-corrected chi connectivity index (χ4v) is 3.15.